The second-order valence-corrected chi connectivity index (χ2v) is 5.86. The second-order valence-electron chi connectivity index (χ2n) is 3.97. The molecule has 0 spiro atoms. The molecular formula is C13H5Cl5FNO2. The predicted octanol–water partition coefficient (Wildman–Crippen LogP) is 5.94. The van der Waals surface area contributed by atoms with Gasteiger partial charge in [-0.2, -0.15) is 4.39 Å². The fourth-order valence-corrected chi connectivity index (χ4v) is 3.03. The molecule has 0 saturated heterocycles. The van der Waals surface area contributed by atoms with Gasteiger partial charge in [-0.15, -0.1) is 0 Å². The number of nitrogens with zero attached hydrogens (tertiary/aromatic N) is 1. The van der Waals surface area contributed by atoms with Gasteiger partial charge in [-0.25, -0.2) is 9.78 Å². The minimum absolute atomic E-state index is 0.0115. The molecule has 0 N–H and O–H groups in total. The van der Waals surface area contributed by atoms with E-state index in [0.29, 0.717) is 0 Å². The number of carbonyl (C=O) groups excluding carboxylic acids is 1. The normalized spacial score (nSPS) is 10.7. The Bertz CT molecular complexity index is 753. The maximum absolute atomic E-state index is 13.5. The summed E-state index contributed by atoms with van der Waals surface area (Å²) >= 11 is 30.0. The molecule has 1 aromatic heterocycles. The standard InChI is InChI=1S/C13H5Cl5FNO2/c1-22-13(21)4-2-3-5(19)20-12(4)6-7(14)9(16)11(18)10(17)8(6)15/h2-3H,1H3. The first-order chi connectivity index (χ1) is 10.3. The fourth-order valence-electron chi connectivity index (χ4n) is 1.71. The lowest BCUT2D eigenvalue weighted by atomic mass is 10.1. The molecule has 0 amide bonds. The Hall–Kier alpha value is -0.780. The van der Waals surface area contributed by atoms with E-state index in [4.69, 9.17) is 58.0 Å². The monoisotopic (exact) mass is 401 g/mol. The molecule has 0 aliphatic carbocycles. The number of hydrogen-bond donors (Lipinski definition) is 0. The summed E-state index contributed by atoms with van der Waals surface area (Å²) in [7, 11) is 1.17. The Morgan fingerprint density at radius 2 is 1.50 bits per heavy atom. The summed E-state index contributed by atoms with van der Waals surface area (Å²) in [4.78, 5) is 15.5. The molecule has 1 heterocycles. The van der Waals surface area contributed by atoms with Gasteiger partial charge in [-0.3, -0.25) is 0 Å². The lowest BCUT2D eigenvalue weighted by molar-refractivity contribution is 0.0601. The zero-order chi connectivity index (χ0) is 16.6. The lowest BCUT2D eigenvalue weighted by Gasteiger charge is -2.14. The highest BCUT2D eigenvalue weighted by Gasteiger charge is 2.25. The van der Waals surface area contributed by atoms with Gasteiger partial charge >= 0.3 is 5.97 Å². The van der Waals surface area contributed by atoms with Gasteiger partial charge in [0.2, 0.25) is 5.95 Å². The van der Waals surface area contributed by atoms with Crippen LogP contribution in [0.5, 0.6) is 0 Å². The van der Waals surface area contributed by atoms with E-state index in [1.54, 1.807) is 0 Å². The van der Waals surface area contributed by atoms with Crippen molar-refractivity contribution >= 4 is 64.0 Å². The number of carbonyl (C=O) groups is 1. The van der Waals surface area contributed by atoms with Crippen molar-refractivity contribution in [2.24, 2.45) is 0 Å². The van der Waals surface area contributed by atoms with Gasteiger partial charge in [0.1, 0.15) is 0 Å². The van der Waals surface area contributed by atoms with Crippen LogP contribution >= 0.6 is 58.0 Å². The van der Waals surface area contributed by atoms with Gasteiger partial charge in [-0.1, -0.05) is 58.0 Å². The Morgan fingerprint density at radius 1 is 1.00 bits per heavy atom. The molecule has 9 heteroatoms. The number of halogens is 6. The molecule has 116 valence electrons. The molecule has 0 unspecified atom stereocenters. The molecule has 3 nitrogen and oxygen atoms in total. The zero-order valence-corrected chi connectivity index (χ0v) is 14.5. The average molecular weight is 403 g/mol. The van der Waals surface area contributed by atoms with E-state index in [2.05, 4.69) is 9.72 Å². The van der Waals surface area contributed by atoms with E-state index < -0.39 is 11.9 Å². The smallest absolute Gasteiger partial charge is 0.340 e. The van der Waals surface area contributed by atoms with Crippen LogP contribution < -0.4 is 0 Å². The molecule has 0 fully saturated rings. The average Bonchev–Trinajstić information content (AvgIpc) is 2.50. The largest absolute Gasteiger partial charge is 0.465 e. The maximum Gasteiger partial charge on any atom is 0.340 e. The molecule has 1 aromatic carbocycles. The van der Waals surface area contributed by atoms with Gasteiger partial charge in [0.05, 0.1) is 43.5 Å². The number of ether oxygens (including phenoxy) is 1. The van der Waals surface area contributed by atoms with Gasteiger partial charge in [-0.05, 0) is 12.1 Å². The molecule has 0 aliphatic heterocycles. The Balaban J connectivity index is 2.88. The number of hydrogen-bond acceptors (Lipinski definition) is 3. The molecule has 0 bridgehead atoms. The van der Waals surface area contributed by atoms with E-state index in [1.165, 1.54) is 13.2 Å². The van der Waals surface area contributed by atoms with Crippen LogP contribution in [0.2, 0.25) is 25.1 Å². The third-order valence-corrected chi connectivity index (χ3v) is 4.99. The van der Waals surface area contributed by atoms with Crippen molar-refractivity contribution in [2.75, 3.05) is 7.11 Å². The summed E-state index contributed by atoms with van der Waals surface area (Å²) < 4.78 is 18.1. The van der Waals surface area contributed by atoms with Crippen LogP contribution in [0.15, 0.2) is 12.1 Å². The molecule has 0 saturated carbocycles. The van der Waals surface area contributed by atoms with Crippen LogP contribution in [-0.4, -0.2) is 18.1 Å². The first kappa shape index (κ1) is 17.6. The summed E-state index contributed by atoms with van der Waals surface area (Å²) in [6.07, 6.45) is 0. The van der Waals surface area contributed by atoms with Gasteiger partial charge in [0.15, 0.2) is 0 Å². The highest BCUT2D eigenvalue weighted by atomic mass is 35.5. The Morgan fingerprint density at radius 3 is 2.00 bits per heavy atom. The Labute approximate surface area is 149 Å². The molecule has 2 aromatic rings. The predicted molar refractivity (Wildman–Crippen MR) is 86.0 cm³/mol. The highest BCUT2D eigenvalue weighted by molar-refractivity contribution is 6.56. The molecular weight excluding hydrogens is 398 g/mol. The van der Waals surface area contributed by atoms with E-state index in [0.717, 1.165) is 6.07 Å². The molecule has 0 aliphatic rings. The van der Waals surface area contributed by atoms with Gasteiger partial charge in [0, 0.05) is 5.56 Å². The first-order valence-corrected chi connectivity index (χ1v) is 7.45. The van der Waals surface area contributed by atoms with Crippen molar-refractivity contribution in [1.82, 2.24) is 4.98 Å². The number of aromatic nitrogens is 1. The molecule has 22 heavy (non-hydrogen) atoms. The summed E-state index contributed by atoms with van der Waals surface area (Å²) in [5.41, 5.74) is -0.216. The molecule has 0 radical (unpaired) electrons. The van der Waals surface area contributed by atoms with E-state index in [-0.39, 0.29) is 41.9 Å². The lowest BCUT2D eigenvalue weighted by Crippen LogP contribution is -2.07. The minimum atomic E-state index is -0.850. The highest BCUT2D eigenvalue weighted by Crippen LogP contribution is 2.48. The van der Waals surface area contributed by atoms with Crippen molar-refractivity contribution in [3.05, 3.63) is 48.8 Å². The SMILES string of the molecule is COC(=O)c1ccc(F)nc1-c1c(Cl)c(Cl)c(Cl)c(Cl)c1Cl. The van der Waals surface area contributed by atoms with Crippen molar-refractivity contribution < 1.29 is 13.9 Å². The van der Waals surface area contributed by atoms with E-state index >= 15 is 0 Å². The van der Waals surface area contributed by atoms with Crippen LogP contribution in [-0.2, 0) is 4.74 Å². The fraction of sp³-hybridized carbons (Fsp3) is 0.0769. The molecule has 0 atom stereocenters. The number of benzene rings is 1. The van der Waals surface area contributed by atoms with Crippen LogP contribution in [0, 0.1) is 5.95 Å². The number of pyridine rings is 1. The summed E-state index contributed by atoms with van der Waals surface area (Å²) in [6, 6.07) is 2.18. The van der Waals surface area contributed by atoms with Gasteiger partial charge in [0.25, 0.3) is 0 Å². The van der Waals surface area contributed by atoms with Crippen LogP contribution in [0.3, 0.4) is 0 Å². The zero-order valence-electron chi connectivity index (χ0n) is 10.7. The van der Waals surface area contributed by atoms with Crippen LogP contribution in [0.1, 0.15) is 10.4 Å². The summed E-state index contributed by atoms with van der Waals surface area (Å²) in [6.45, 7) is 0. The molecule has 2 rings (SSSR count). The number of esters is 1. The quantitative estimate of drug-likeness (QED) is 0.270. The third-order valence-electron chi connectivity index (χ3n) is 2.71. The van der Waals surface area contributed by atoms with Crippen LogP contribution in [0.25, 0.3) is 11.3 Å². The number of methoxy groups -OCH3 is 1. The van der Waals surface area contributed by atoms with Gasteiger partial charge < -0.3 is 4.74 Å². The van der Waals surface area contributed by atoms with E-state index in [9.17, 15) is 9.18 Å². The van der Waals surface area contributed by atoms with Crippen molar-refractivity contribution in [3.63, 3.8) is 0 Å². The Kier molecular flexibility index (Phi) is 5.41. The second kappa shape index (κ2) is 6.77. The number of rotatable bonds is 2. The summed E-state index contributed by atoms with van der Waals surface area (Å²) in [5, 5.41) is -0.448. The summed E-state index contributed by atoms with van der Waals surface area (Å²) in [5.74, 6) is -1.60. The van der Waals surface area contributed by atoms with Crippen molar-refractivity contribution in [1.29, 1.82) is 0 Å². The van der Waals surface area contributed by atoms with E-state index in [1.807, 2.05) is 0 Å². The topological polar surface area (TPSA) is 39.2 Å². The maximum atomic E-state index is 13.5. The van der Waals surface area contributed by atoms with Crippen molar-refractivity contribution in [2.45, 2.75) is 0 Å². The van der Waals surface area contributed by atoms with Crippen molar-refractivity contribution in [3.8, 4) is 11.3 Å². The first-order valence-electron chi connectivity index (χ1n) is 5.56. The third kappa shape index (κ3) is 2.99. The van der Waals surface area contributed by atoms with Crippen LogP contribution in [0.4, 0.5) is 4.39 Å². The minimum Gasteiger partial charge on any atom is -0.465 e.